The number of aromatic nitrogens is 2. The fourth-order valence-corrected chi connectivity index (χ4v) is 8.99. The largest absolute Gasteiger partial charge is 0.457 e. The third-order valence-corrected chi connectivity index (χ3v) is 12.0. The molecule has 0 amide bonds. The van der Waals surface area contributed by atoms with Gasteiger partial charge >= 0.3 is 0 Å². The number of ether oxygens (including phenoxy) is 1. The molecule has 0 spiro atoms. The van der Waals surface area contributed by atoms with E-state index in [1.807, 2.05) is 18.3 Å². The van der Waals surface area contributed by atoms with Crippen molar-refractivity contribution in [2.24, 2.45) is 0 Å². The van der Waals surface area contributed by atoms with Crippen LogP contribution in [-0.4, -0.2) is 16.2 Å². The Kier molecular flexibility index (Phi) is 10.6. The molecule has 0 atom stereocenters. The Labute approximate surface area is 357 Å². The number of fused-ring (bicyclic) bond motifs is 4. The number of hydrogen-bond acceptors (Lipinski definition) is 4. The highest BCUT2D eigenvalue weighted by Gasteiger charge is 2.33. The summed E-state index contributed by atoms with van der Waals surface area (Å²) in [5.41, 5.74) is 11.5. The molecule has 0 saturated heterocycles. The normalized spacial score (nSPS) is 12.8. The van der Waals surface area contributed by atoms with E-state index in [2.05, 4.69) is 160 Å². The number of pyridine rings is 1. The molecule has 0 N–H and O–H groups in total. The quantitative estimate of drug-likeness (QED) is 0.130. The number of nitrogens with zero attached hydrogens (tertiary/aromatic N) is 4. The van der Waals surface area contributed by atoms with Crippen LogP contribution < -0.4 is 14.5 Å². The van der Waals surface area contributed by atoms with E-state index in [9.17, 15) is 0 Å². The van der Waals surface area contributed by atoms with E-state index in [0.29, 0.717) is 12.2 Å². The first-order chi connectivity index (χ1) is 29.5. The van der Waals surface area contributed by atoms with Crippen LogP contribution in [0, 0.1) is 11.6 Å². The Balaban J connectivity index is 1.13. The van der Waals surface area contributed by atoms with E-state index in [-0.39, 0.29) is 23.3 Å². The number of hydrogen-bond donors (Lipinski definition) is 0. The van der Waals surface area contributed by atoms with E-state index in [4.69, 9.17) is 9.72 Å². The molecule has 308 valence electrons. The van der Waals surface area contributed by atoms with Crippen molar-refractivity contribution in [3.63, 3.8) is 0 Å². The smallest absolute Gasteiger partial charge is 0.137 e. The minimum absolute atomic E-state index is 0.0118. The minimum atomic E-state index is -0.561. The maximum Gasteiger partial charge on any atom is 0.137 e. The molecule has 9 rings (SSSR count). The topological polar surface area (TPSA) is 33.5 Å². The van der Waals surface area contributed by atoms with Crippen molar-refractivity contribution >= 4 is 44.6 Å². The molecule has 2 aromatic heterocycles. The van der Waals surface area contributed by atoms with Gasteiger partial charge in [0.1, 0.15) is 35.6 Å². The van der Waals surface area contributed by atoms with Crippen LogP contribution in [0.1, 0.15) is 94.9 Å². The molecule has 0 aliphatic carbocycles. The monoisotopic (exact) mass is 810 g/mol. The first kappa shape index (κ1) is 40.0. The lowest BCUT2D eigenvalue weighted by Gasteiger charge is -2.30. The lowest BCUT2D eigenvalue weighted by atomic mass is 9.87. The highest BCUT2D eigenvalue weighted by Crippen LogP contribution is 2.50. The van der Waals surface area contributed by atoms with Gasteiger partial charge in [-0.25, -0.2) is 13.8 Å². The predicted molar refractivity (Wildman–Crippen MR) is 249 cm³/mol. The van der Waals surface area contributed by atoms with Crippen molar-refractivity contribution in [1.29, 1.82) is 0 Å². The lowest BCUT2D eigenvalue weighted by molar-refractivity contribution is 0.482. The van der Waals surface area contributed by atoms with Crippen LogP contribution in [0.25, 0.3) is 38.8 Å². The average Bonchev–Trinajstić information content (AvgIpc) is 3.79. The molecule has 0 bridgehead atoms. The van der Waals surface area contributed by atoms with Gasteiger partial charge in [-0.1, -0.05) is 91.3 Å². The van der Waals surface area contributed by atoms with Gasteiger partial charge in [0.2, 0.25) is 0 Å². The minimum Gasteiger partial charge on any atom is -0.457 e. The van der Waals surface area contributed by atoms with Crippen LogP contribution in [-0.2, 0) is 6.42 Å². The average molecular weight is 811 g/mol. The molecule has 6 aromatic carbocycles. The summed E-state index contributed by atoms with van der Waals surface area (Å²) < 4.78 is 39.6. The Hall–Kier alpha value is -6.47. The Bertz CT molecular complexity index is 2880. The zero-order chi connectivity index (χ0) is 42.5. The van der Waals surface area contributed by atoms with Crippen LogP contribution in [0.2, 0.25) is 0 Å². The molecule has 0 fully saturated rings. The van der Waals surface area contributed by atoms with Crippen molar-refractivity contribution in [1.82, 2.24) is 9.55 Å². The van der Waals surface area contributed by atoms with Crippen molar-refractivity contribution in [2.75, 3.05) is 16.5 Å². The third kappa shape index (κ3) is 7.30. The van der Waals surface area contributed by atoms with Crippen molar-refractivity contribution < 1.29 is 13.5 Å². The highest BCUT2D eigenvalue weighted by atomic mass is 19.1. The first-order valence-electron chi connectivity index (χ1n) is 21.6. The molecule has 0 unspecified atom stereocenters. The summed E-state index contributed by atoms with van der Waals surface area (Å²) in [5, 5.41) is 2.31. The van der Waals surface area contributed by atoms with Gasteiger partial charge in [-0.15, -0.1) is 0 Å². The number of aryl methyl sites for hydroxylation is 1. The zero-order valence-electron chi connectivity index (χ0n) is 36.0. The van der Waals surface area contributed by atoms with Gasteiger partial charge in [0.15, 0.2) is 0 Å². The molecule has 0 radical (unpaired) electrons. The zero-order valence-corrected chi connectivity index (χ0v) is 36.0. The summed E-state index contributed by atoms with van der Waals surface area (Å²) in [6, 6.07) is 42.2. The molecule has 7 heteroatoms. The summed E-state index contributed by atoms with van der Waals surface area (Å²) in [7, 11) is 0. The maximum atomic E-state index is 15.3. The van der Waals surface area contributed by atoms with E-state index in [0.717, 1.165) is 86.0 Å². The molecule has 8 aromatic rings. The number of rotatable bonds is 11. The molecule has 1 aliphatic rings. The van der Waals surface area contributed by atoms with Crippen LogP contribution in [0.15, 0.2) is 134 Å². The van der Waals surface area contributed by atoms with Crippen LogP contribution in [0.5, 0.6) is 11.5 Å². The van der Waals surface area contributed by atoms with E-state index < -0.39 is 11.6 Å². The van der Waals surface area contributed by atoms with Gasteiger partial charge < -0.3 is 14.5 Å². The summed E-state index contributed by atoms with van der Waals surface area (Å²) in [5.74, 6) is 1.68. The Morgan fingerprint density at radius 2 is 1.30 bits per heavy atom. The molecule has 5 nitrogen and oxygen atoms in total. The van der Waals surface area contributed by atoms with Gasteiger partial charge in [0.05, 0.1) is 28.0 Å². The number of benzene rings is 6. The second-order valence-electron chi connectivity index (χ2n) is 17.2. The Morgan fingerprint density at radius 3 is 1.98 bits per heavy atom. The van der Waals surface area contributed by atoms with E-state index in [1.54, 1.807) is 0 Å². The van der Waals surface area contributed by atoms with Gasteiger partial charge in [-0.2, -0.15) is 0 Å². The molecular weight excluding hydrogens is 759 g/mol. The fraction of sp³-hybridized carbons (Fsp3) is 0.241. The first-order valence-corrected chi connectivity index (χ1v) is 21.6. The van der Waals surface area contributed by atoms with Gasteiger partial charge in [-0.05, 0) is 131 Å². The molecule has 1 aliphatic heterocycles. The van der Waals surface area contributed by atoms with Gasteiger partial charge in [0.25, 0.3) is 0 Å². The van der Waals surface area contributed by atoms with E-state index in [1.165, 1.54) is 29.1 Å². The van der Waals surface area contributed by atoms with Crippen LogP contribution in [0.4, 0.5) is 31.5 Å². The van der Waals surface area contributed by atoms with Crippen LogP contribution in [0.3, 0.4) is 0 Å². The molecule has 61 heavy (non-hydrogen) atoms. The SMILES string of the molecule is CCCc1ccnc(-n2c3ccccc3c3ccc(Oc4cc(C(C)C)cc(N5CN(c6c(C(C)C)cc(-c7c(F)cccc7F)cc6C(C)C)c6ccccc65)c4)cc32)c1. The summed E-state index contributed by atoms with van der Waals surface area (Å²) in [4.78, 5) is 9.57. The van der Waals surface area contributed by atoms with Gasteiger partial charge in [0, 0.05) is 40.5 Å². The van der Waals surface area contributed by atoms with Crippen molar-refractivity contribution in [3.8, 4) is 28.4 Å². The molecular formula is C54H52F2N4O. The fourth-order valence-electron chi connectivity index (χ4n) is 8.99. The third-order valence-electron chi connectivity index (χ3n) is 12.0. The van der Waals surface area contributed by atoms with E-state index >= 15 is 8.78 Å². The second kappa shape index (κ2) is 16.2. The summed E-state index contributed by atoms with van der Waals surface area (Å²) >= 11 is 0. The number of anilines is 4. The number of para-hydroxylation sites is 3. The molecule has 3 heterocycles. The van der Waals surface area contributed by atoms with Crippen molar-refractivity contribution in [2.45, 2.75) is 79.1 Å². The highest BCUT2D eigenvalue weighted by molar-refractivity contribution is 6.09. The standard InChI is InChI=1S/C54H52F2N4O/c1-8-14-36-23-24-57-52(25-36)60-48-18-10-9-15-42(48)43-22-21-40(31-51(43)60)61-41-27-37(33(2)3)26-39(30-41)58-32-59(50-20-12-11-19-49(50)58)54-44(34(4)5)28-38(29-45(54)35(6)7)53-46(55)16-13-17-47(53)56/h9-13,15-31,33-35H,8,14,32H2,1-7H3. The van der Waals surface area contributed by atoms with Crippen molar-refractivity contribution in [3.05, 3.63) is 167 Å². The van der Waals surface area contributed by atoms with Gasteiger partial charge in [-0.3, -0.25) is 4.57 Å². The lowest BCUT2D eigenvalue weighted by Crippen LogP contribution is -2.26. The maximum absolute atomic E-state index is 15.3. The predicted octanol–water partition coefficient (Wildman–Crippen LogP) is 15.5. The van der Waals surface area contributed by atoms with Crippen LogP contribution >= 0.6 is 0 Å². The Morgan fingerprint density at radius 1 is 0.623 bits per heavy atom. The summed E-state index contributed by atoms with van der Waals surface area (Å²) in [6.07, 6.45) is 3.97. The number of halogens is 2. The molecule has 0 saturated carbocycles. The summed E-state index contributed by atoms with van der Waals surface area (Å²) in [6.45, 7) is 15.8. The second-order valence-corrected chi connectivity index (χ2v) is 17.2.